The minimum absolute atomic E-state index is 0.0598. The molecule has 0 aliphatic heterocycles. The van der Waals surface area contributed by atoms with E-state index in [1.165, 1.54) is 25.3 Å². The molecule has 0 saturated heterocycles. The van der Waals surface area contributed by atoms with E-state index in [1.54, 1.807) is 0 Å². The zero-order valence-electron chi connectivity index (χ0n) is 11.7. The molecule has 1 unspecified atom stereocenters. The van der Waals surface area contributed by atoms with Gasteiger partial charge in [0.1, 0.15) is 5.82 Å². The second-order valence-electron chi connectivity index (χ2n) is 5.40. The number of rotatable bonds is 6. The third-order valence-corrected chi connectivity index (χ3v) is 5.23. The Morgan fingerprint density at radius 3 is 2.81 bits per heavy atom. The number of hydrogen-bond donors (Lipinski definition) is 0. The number of halogens is 1. The SMILES string of the molecule is COC(=O)CC1(CS(=O)Cc2cc(C#N)ccc2F)CC1. The van der Waals surface area contributed by atoms with Crippen LogP contribution in [0.15, 0.2) is 18.2 Å². The molecule has 112 valence electrons. The van der Waals surface area contributed by atoms with Crippen molar-refractivity contribution in [3.63, 3.8) is 0 Å². The van der Waals surface area contributed by atoms with Crippen LogP contribution in [0.2, 0.25) is 0 Å². The summed E-state index contributed by atoms with van der Waals surface area (Å²) in [5, 5.41) is 8.81. The van der Waals surface area contributed by atoms with Crippen LogP contribution < -0.4 is 0 Å². The van der Waals surface area contributed by atoms with Gasteiger partial charge in [0.05, 0.1) is 30.9 Å². The Balaban J connectivity index is 2.00. The first-order valence-corrected chi connectivity index (χ1v) is 8.07. The Morgan fingerprint density at radius 1 is 1.52 bits per heavy atom. The normalized spacial score (nSPS) is 16.8. The number of esters is 1. The van der Waals surface area contributed by atoms with Crippen molar-refractivity contribution < 1.29 is 18.1 Å². The molecule has 4 nitrogen and oxygen atoms in total. The fourth-order valence-corrected chi connectivity index (χ4v) is 3.99. The van der Waals surface area contributed by atoms with Crippen molar-refractivity contribution in [2.24, 2.45) is 5.41 Å². The molecular weight excluding hydrogens is 293 g/mol. The predicted molar refractivity (Wildman–Crippen MR) is 76.1 cm³/mol. The van der Waals surface area contributed by atoms with Crippen molar-refractivity contribution in [1.29, 1.82) is 5.26 Å². The van der Waals surface area contributed by atoms with Crippen molar-refractivity contribution >= 4 is 16.8 Å². The Labute approximate surface area is 125 Å². The summed E-state index contributed by atoms with van der Waals surface area (Å²) in [6.45, 7) is 0. The fraction of sp³-hybridized carbons (Fsp3) is 0.467. The highest BCUT2D eigenvalue weighted by Crippen LogP contribution is 2.49. The molecule has 1 aliphatic carbocycles. The summed E-state index contributed by atoms with van der Waals surface area (Å²) in [5.41, 5.74) is 0.377. The summed E-state index contributed by atoms with van der Waals surface area (Å²) < 4.78 is 30.5. The van der Waals surface area contributed by atoms with Crippen LogP contribution in [-0.2, 0) is 26.1 Å². The highest BCUT2D eigenvalue weighted by Gasteiger charge is 2.45. The summed E-state index contributed by atoms with van der Waals surface area (Å²) in [6.07, 6.45) is 1.94. The van der Waals surface area contributed by atoms with Crippen LogP contribution in [-0.4, -0.2) is 23.0 Å². The Hall–Kier alpha value is -1.74. The number of carbonyl (C=O) groups excluding carboxylic acids is 1. The number of nitriles is 1. The molecule has 0 heterocycles. The standard InChI is InChI=1S/C15H16FNO3S/c1-20-14(18)7-15(4-5-15)10-21(19)9-12-6-11(8-17)2-3-13(12)16/h2-3,6H,4-5,7,9-10H2,1H3. The summed E-state index contributed by atoms with van der Waals surface area (Å²) in [6, 6.07) is 5.96. The van der Waals surface area contributed by atoms with Crippen LogP contribution in [0.3, 0.4) is 0 Å². The monoisotopic (exact) mass is 309 g/mol. The van der Waals surface area contributed by atoms with Gasteiger partial charge in [-0.25, -0.2) is 4.39 Å². The van der Waals surface area contributed by atoms with Crippen molar-refractivity contribution in [1.82, 2.24) is 0 Å². The minimum Gasteiger partial charge on any atom is -0.469 e. The van der Waals surface area contributed by atoms with Crippen LogP contribution in [0.1, 0.15) is 30.4 Å². The fourth-order valence-electron chi connectivity index (χ4n) is 2.25. The maximum absolute atomic E-state index is 13.7. The van der Waals surface area contributed by atoms with E-state index in [0.29, 0.717) is 11.3 Å². The van der Waals surface area contributed by atoms with Crippen molar-refractivity contribution in [3.8, 4) is 6.07 Å². The van der Waals surface area contributed by atoms with Gasteiger partial charge in [0, 0.05) is 22.1 Å². The lowest BCUT2D eigenvalue weighted by atomic mass is 10.1. The zero-order valence-corrected chi connectivity index (χ0v) is 12.5. The minimum atomic E-state index is -1.27. The molecule has 0 radical (unpaired) electrons. The number of hydrogen-bond acceptors (Lipinski definition) is 4. The average Bonchev–Trinajstić information content (AvgIpc) is 3.20. The van der Waals surface area contributed by atoms with Gasteiger partial charge in [-0.05, 0) is 36.5 Å². The number of ether oxygens (including phenoxy) is 1. The van der Waals surface area contributed by atoms with Crippen molar-refractivity contribution in [2.45, 2.75) is 25.0 Å². The van der Waals surface area contributed by atoms with E-state index in [4.69, 9.17) is 5.26 Å². The van der Waals surface area contributed by atoms with Gasteiger partial charge < -0.3 is 4.74 Å². The molecule has 0 amide bonds. The Kier molecular flexibility index (Phi) is 4.73. The molecule has 1 aliphatic rings. The molecular formula is C15H16FNO3S. The molecule has 1 aromatic rings. The maximum Gasteiger partial charge on any atom is 0.306 e. The lowest BCUT2D eigenvalue weighted by Gasteiger charge is -2.13. The van der Waals surface area contributed by atoms with Crippen LogP contribution >= 0.6 is 0 Å². The van der Waals surface area contributed by atoms with Gasteiger partial charge in [0.2, 0.25) is 0 Å². The number of methoxy groups -OCH3 is 1. The third kappa shape index (κ3) is 4.11. The molecule has 0 N–H and O–H groups in total. The van der Waals surface area contributed by atoms with Crippen LogP contribution in [0.25, 0.3) is 0 Å². The van der Waals surface area contributed by atoms with Crippen LogP contribution in [0.4, 0.5) is 4.39 Å². The van der Waals surface area contributed by atoms with Crippen molar-refractivity contribution in [2.75, 3.05) is 12.9 Å². The first-order chi connectivity index (χ1) is 9.98. The lowest BCUT2D eigenvalue weighted by molar-refractivity contribution is -0.141. The van der Waals surface area contributed by atoms with E-state index in [-0.39, 0.29) is 29.1 Å². The number of carbonyl (C=O) groups is 1. The van der Waals surface area contributed by atoms with Gasteiger partial charge in [-0.2, -0.15) is 5.26 Å². The number of benzene rings is 1. The molecule has 1 aromatic carbocycles. The van der Waals surface area contributed by atoms with Gasteiger partial charge in [-0.1, -0.05) is 0 Å². The number of nitrogens with zero attached hydrogens (tertiary/aromatic N) is 1. The van der Waals surface area contributed by atoms with Gasteiger partial charge >= 0.3 is 5.97 Å². The summed E-state index contributed by atoms with van der Waals surface area (Å²) in [7, 11) is 0.0574. The largest absolute Gasteiger partial charge is 0.469 e. The molecule has 6 heteroatoms. The molecule has 0 aromatic heterocycles. The van der Waals surface area contributed by atoms with E-state index in [9.17, 15) is 13.4 Å². The summed E-state index contributed by atoms with van der Waals surface area (Å²) in [5.74, 6) is -0.342. The first kappa shape index (κ1) is 15.6. The second kappa shape index (κ2) is 6.35. The third-order valence-electron chi connectivity index (χ3n) is 3.66. The predicted octanol–water partition coefficient (Wildman–Crippen LogP) is 2.29. The Bertz CT molecular complexity index is 620. The van der Waals surface area contributed by atoms with E-state index in [1.807, 2.05) is 6.07 Å². The summed E-state index contributed by atoms with van der Waals surface area (Å²) >= 11 is 0. The van der Waals surface area contributed by atoms with E-state index in [0.717, 1.165) is 12.8 Å². The molecule has 2 rings (SSSR count). The van der Waals surface area contributed by atoms with Gasteiger partial charge in [0.15, 0.2) is 0 Å². The van der Waals surface area contributed by atoms with E-state index < -0.39 is 16.6 Å². The molecule has 1 saturated carbocycles. The van der Waals surface area contributed by atoms with Crippen LogP contribution in [0, 0.1) is 22.6 Å². The van der Waals surface area contributed by atoms with Crippen molar-refractivity contribution in [3.05, 3.63) is 35.1 Å². The molecule has 1 fully saturated rings. The van der Waals surface area contributed by atoms with E-state index >= 15 is 0 Å². The highest BCUT2D eigenvalue weighted by molar-refractivity contribution is 7.84. The lowest BCUT2D eigenvalue weighted by Crippen LogP contribution is -2.18. The molecule has 1 atom stereocenters. The average molecular weight is 309 g/mol. The van der Waals surface area contributed by atoms with Crippen LogP contribution in [0.5, 0.6) is 0 Å². The van der Waals surface area contributed by atoms with Gasteiger partial charge in [-0.3, -0.25) is 9.00 Å². The smallest absolute Gasteiger partial charge is 0.306 e. The molecule has 0 spiro atoms. The first-order valence-electron chi connectivity index (χ1n) is 6.58. The maximum atomic E-state index is 13.7. The van der Waals surface area contributed by atoms with E-state index in [2.05, 4.69) is 4.74 Å². The Morgan fingerprint density at radius 2 is 2.24 bits per heavy atom. The summed E-state index contributed by atoms with van der Waals surface area (Å²) in [4.78, 5) is 11.3. The van der Waals surface area contributed by atoms with Gasteiger partial charge in [-0.15, -0.1) is 0 Å². The molecule has 21 heavy (non-hydrogen) atoms. The highest BCUT2D eigenvalue weighted by atomic mass is 32.2. The topological polar surface area (TPSA) is 67.2 Å². The second-order valence-corrected chi connectivity index (χ2v) is 6.86. The van der Waals surface area contributed by atoms with Gasteiger partial charge in [0.25, 0.3) is 0 Å². The zero-order chi connectivity index (χ0) is 15.5. The molecule has 0 bridgehead atoms. The quantitative estimate of drug-likeness (QED) is 0.756.